The van der Waals surface area contributed by atoms with E-state index in [2.05, 4.69) is 36.2 Å². The van der Waals surface area contributed by atoms with Gasteiger partial charge in [-0.05, 0) is 47.8 Å². The Morgan fingerprint density at radius 2 is 1.48 bits per heavy atom. The summed E-state index contributed by atoms with van der Waals surface area (Å²) in [6, 6.07) is 23.5. The van der Waals surface area contributed by atoms with Crippen molar-refractivity contribution in [3.63, 3.8) is 0 Å². The van der Waals surface area contributed by atoms with Crippen LogP contribution in [0.25, 0.3) is 5.57 Å². The fourth-order valence-electron chi connectivity index (χ4n) is 3.12. The third kappa shape index (κ3) is 3.79. The number of para-hydroxylation sites is 2. The van der Waals surface area contributed by atoms with Crippen molar-refractivity contribution in [3.8, 4) is 0 Å². The number of hydrogen-bond donors (Lipinski definition) is 0. The van der Waals surface area contributed by atoms with Crippen LogP contribution in [0, 0.1) is 0 Å². The lowest BCUT2D eigenvalue weighted by Crippen LogP contribution is -2.17. The van der Waals surface area contributed by atoms with Gasteiger partial charge in [-0.2, -0.15) is 0 Å². The maximum Gasteiger partial charge on any atom is 0.296 e. The minimum atomic E-state index is -2.34. The summed E-state index contributed by atoms with van der Waals surface area (Å²) in [7, 11) is -0.287. The monoisotopic (exact) mass is 413 g/mol. The highest BCUT2D eigenvalue weighted by Gasteiger charge is 2.23. The Morgan fingerprint density at radius 3 is 2.07 bits per heavy atom. The molecule has 0 aromatic heterocycles. The van der Waals surface area contributed by atoms with E-state index in [9.17, 15) is 4.57 Å². The maximum atomic E-state index is 12.5. The molecular formula is C21H17ClNO2PS. The van der Waals surface area contributed by atoms with Crippen molar-refractivity contribution in [2.75, 3.05) is 11.9 Å². The quantitative estimate of drug-likeness (QED) is 0.340. The molecule has 3 aromatic rings. The summed E-state index contributed by atoms with van der Waals surface area (Å²) in [6.45, 7) is 0. The van der Waals surface area contributed by atoms with Gasteiger partial charge in [0, 0.05) is 45.0 Å². The summed E-state index contributed by atoms with van der Waals surface area (Å²) in [5.41, 5.74) is 5.25. The molecule has 0 N–H and O–H groups in total. The average molecular weight is 414 g/mol. The Kier molecular flexibility index (Phi) is 5.31. The molecule has 4 rings (SSSR count). The number of benzene rings is 3. The minimum absolute atomic E-state index is 0.654. The lowest BCUT2D eigenvalue weighted by atomic mass is 9.91. The van der Waals surface area contributed by atoms with E-state index in [4.69, 9.17) is 16.1 Å². The van der Waals surface area contributed by atoms with E-state index in [0.717, 1.165) is 33.0 Å². The van der Waals surface area contributed by atoms with Gasteiger partial charge in [0.1, 0.15) is 0 Å². The molecule has 0 saturated heterocycles. The maximum absolute atomic E-state index is 12.5. The molecule has 0 radical (unpaired) electrons. The molecule has 0 spiro atoms. The van der Waals surface area contributed by atoms with E-state index in [1.54, 1.807) is 18.4 Å². The van der Waals surface area contributed by atoms with Crippen LogP contribution in [0.5, 0.6) is 0 Å². The molecule has 0 bridgehead atoms. The minimum Gasteiger partial charge on any atom is -0.445 e. The fourth-order valence-corrected chi connectivity index (χ4v) is 5.25. The Balaban J connectivity index is 1.64. The highest BCUT2D eigenvalue weighted by molar-refractivity contribution is 8.50. The van der Waals surface area contributed by atoms with Crippen LogP contribution in [-0.4, -0.2) is 7.05 Å². The molecule has 3 nitrogen and oxygen atoms in total. The predicted octanol–water partition coefficient (Wildman–Crippen LogP) is 7.01. The summed E-state index contributed by atoms with van der Waals surface area (Å²) >= 11 is 7.11. The smallest absolute Gasteiger partial charge is 0.296 e. The Morgan fingerprint density at radius 1 is 0.926 bits per heavy atom. The largest absolute Gasteiger partial charge is 0.445 e. The first-order chi connectivity index (χ1) is 13.1. The Hall–Kier alpha value is -2.13. The standard InChI is InChI=1S/C21H17ClNO2PS/c1-23-20-8-4-2-6-17(20)19(18-7-3-5-9-21(18)23)14-25-26(24)27-16-12-10-15(22)11-13-16/h2-14,26H,1H3. The van der Waals surface area contributed by atoms with Crippen LogP contribution < -0.4 is 4.90 Å². The summed E-state index contributed by atoms with van der Waals surface area (Å²) in [6.07, 6.45) is 1.63. The molecule has 1 unspecified atom stereocenters. The topological polar surface area (TPSA) is 29.5 Å². The fraction of sp³-hybridized carbons (Fsp3) is 0.0476. The molecule has 0 amide bonds. The van der Waals surface area contributed by atoms with Crippen LogP contribution in [0.3, 0.4) is 0 Å². The summed E-state index contributed by atoms with van der Waals surface area (Å²) < 4.78 is 18.1. The van der Waals surface area contributed by atoms with Crippen LogP contribution in [0.4, 0.5) is 11.4 Å². The molecule has 27 heavy (non-hydrogen) atoms. The van der Waals surface area contributed by atoms with Crippen molar-refractivity contribution < 1.29 is 9.09 Å². The number of fused-ring (bicyclic) bond motifs is 2. The van der Waals surface area contributed by atoms with E-state index < -0.39 is 7.23 Å². The Labute approximate surface area is 168 Å². The molecule has 0 fully saturated rings. The highest BCUT2D eigenvalue weighted by Crippen LogP contribution is 2.48. The molecule has 1 heterocycles. The normalized spacial score (nSPS) is 13.6. The molecule has 6 heteroatoms. The summed E-state index contributed by atoms with van der Waals surface area (Å²) in [4.78, 5) is 3.03. The molecule has 0 saturated carbocycles. The van der Waals surface area contributed by atoms with Gasteiger partial charge in [-0.25, -0.2) is 0 Å². The van der Waals surface area contributed by atoms with Crippen LogP contribution in [0.15, 0.2) is 84.0 Å². The number of hydrogen-bond acceptors (Lipinski definition) is 4. The van der Waals surface area contributed by atoms with Crippen LogP contribution >= 0.6 is 30.2 Å². The second kappa shape index (κ2) is 7.85. The third-order valence-electron chi connectivity index (χ3n) is 4.40. The SMILES string of the molecule is CN1c2ccccc2C(=CO[PH](=O)Sc2ccc(Cl)cc2)c2ccccc21. The molecule has 136 valence electrons. The Bertz CT molecular complexity index is 987. The molecule has 0 aliphatic carbocycles. The molecule has 1 atom stereocenters. The van der Waals surface area contributed by atoms with Gasteiger partial charge < -0.3 is 9.42 Å². The summed E-state index contributed by atoms with van der Waals surface area (Å²) in [5.74, 6) is 0. The number of anilines is 2. The van der Waals surface area contributed by atoms with Gasteiger partial charge in [-0.1, -0.05) is 48.0 Å². The van der Waals surface area contributed by atoms with Crippen molar-refractivity contribution in [1.82, 2.24) is 0 Å². The lowest BCUT2D eigenvalue weighted by Gasteiger charge is -2.31. The van der Waals surface area contributed by atoms with Crippen molar-refractivity contribution in [2.45, 2.75) is 4.90 Å². The number of rotatable bonds is 4. The molecule has 3 aromatic carbocycles. The zero-order valence-corrected chi connectivity index (χ0v) is 17.1. The second-order valence-electron chi connectivity index (χ2n) is 6.05. The highest BCUT2D eigenvalue weighted by atomic mass is 35.5. The predicted molar refractivity (Wildman–Crippen MR) is 115 cm³/mol. The van der Waals surface area contributed by atoms with Crippen molar-refractivity contribution in [3.05, 3.63) is 95.2 Å². The van der Waals surface area contributed by atoms with Crippen LogP contribution in [-0.2, 0) is 9.09 Å². The first kappa shape index (κ1) is 18.2. The van der Waals surface area contributed by atoms with Crippen LogP contribution in [0.1, 0.15) is 11.1 Å². The van der Waals surface area contributed by atoms with Gasteiger partial charge >= 0.3 is 0 Å². The zero-order valence-electron chi connectivity index (χ0n) is 14.6. The molecular weight excluding hydrogens is 397 g/mol. The number of nitrogens with zero attached hydrogens (tertiary/aromatic N) is 1. The van der Waals surface area contributed by atoms with E-state index in [0.29, 0.717) is 5.02 Å². The number of halogens is 1. The van der Waals surface area contributed by atoms with E-state index >= 15 is 0 Å². The van der Waals surface area contributed by atoms with E-state index in [1.807, 2.05) is 36.4 Å². The summed E-state index contributed by atoms with van der Waals surface area (Å²) in [5, 5.41) is 0.654. The first-order valence-corrected chi connectivity index (χ1v) is 11.6. The average Bonchev–Trinajstić information content (AvgIpc) is 2.70. The zero-order chi connectivity index (χ0) is 18.8. The van der Waals surface area contributed by atoms with Crippen LogP contribution in [0.2, 0.25) is 5.02 Å². The van der Waals surface area contributed by atoms with E-state index in [-0.39, 0.29) is 0 Å². The first-order valence-electron chi connectivity index (χ1n) is 8.40. The molecule has 1 aliphatic rings. The van der Waals surface area contributed by atoms with Gasteiger partial charge in [0.05, 0.1) is 6.26 Å². The van der Waals surface area contributed by atoms with Gasteiger partial charge in [-0.3, -0.25) is 4.57 Å². The van der Waals surface area contributed by atoms with Crippen molar-refractivity contribution in [1.29, 1.82) is 0 Å². The lowest BCUT2D eigenvalue weighted by molar-refractivity contribution is 0.480. The van der Waals surface area contributed by atoms with Gasteiger partial charge in [0.15, 0.2) is 0 Å². The van der Waals surface area contributed by atoms with Crippen molar-refractivity contribution in [2.24, 2.45) is 0 Å². The molecule has 1 aliphatic heterocycles. The van der Waals surface area contributed by atoms with Gasteiger partial charge in [0.25, 0.3) is 7.23 Å². The van der Waals surface area contributed by atoms with Gasteiger partial charge in [-0.15, -0.1) is 0 Å². The third-order valence-corrected chi connectivity index (χ3v) is 7.13. The second-order valence-corrected chi connectivity index (χ2v) is 9.51. The van der Waals surface area contributed by atoms with Crippen molar-refractivity contribution >= 4 is 47.2 Å². The van der Waals surface area contributed by atoms with Gasteiger partial charge in [0.2, 0.25) is 0 Å². The van der Waals surface area contributed by atoms with E-state index in [1.165, 1.54) is 11.4 Å².